The van der Waals surface area contributed by atoms with E-state index >= 15 is 0 Å². The Hall–Kier alpha value is -1.81. The number of carbonyl (C=O) groups is 1. The largest absolute Gasteiger partial charge is 0.492 e. The molecule has 0 aliphatic heterocycles. The highest BCUT2D eigenvalue weighted by Gasteiger charge is 2.09. The highest BCUT2D eigenvalue weighted by Crippen LogP contribution is 2.24. The second-order valence-electron chi connectivity index (χ2n) is 3.89. The van der Waals surface area contributed by atoms with E-state index < -0.39 is 0 Å². The maximum absolute atomic E-state index is 12.1. The van der Waals surface area contributed by atoms with Crippen LogP contribution in [0.3, 0.4) is 0 Å². The van der Waals surface area contributed by atoms with Gasteiger partial charge >= 0.3 is 0 Å². The summed E-state index contributed by atoms with van der Waals surface area (Å²) >= 11 is 3.35. The molecule has 0 saturated carbocycles. The van der Waals surface area contributed by atoms with Gasteiger partial charge in [0.1, 0.15) is 5.75 Å². The van der Waals surface area contributed by atoms with Crippen LogP contribution >= 0.6 is 15.9 Å². The average molecular weight is 320 g/mol. The van der Waals surface area contributed by atoms with Gasteiger partial charge in [-0.3, -0.25) is 4.79 Å². The van der Waals surface area contributed by atoms with Gasteiger partial charge in [0.2, 0.25) is 0 Å². The standard InChI is InChI=1S/C15H14BrNO2/c1-2-19-14-9-4-3-8-13(14)17-15(18)11-6-5-7-12(16)10-11/h3-10H,2H2,1H3,(H,17,18). The van der Waals surface area contributed by atoms with Crippen LogP contribution in [0.4, 0.5) is 5.69 Å². The molecule has 19 heavy (non-hydrogen) atoms. The van der Waals surface area contributed by atoms with Crippen molar-refractivity contribution >= 4 is 27.5 Å². The topological polar surface area (TPSA) is 38.3 Å². The summed E-state index contributed by atoms with van der Waals surface area (Å²) in [5.74, 6) is 0.516. The summed E-state index contributed by atoms with van der Waals surface area (Å²) in [4.78, 5) is 12.1. The third-order valence-corrected chi connectivity index (χ3v) is 3.02. The molecule has 3 nitrogen and oxygen atoms in total. The molecule has 2 rings (SSSR count). The highest BCUT2D eigenvalue weighted by molar-refractivity contribution is 9.10. The van der Waals surface area contributed by atoms with Gasteiger partial charge in [-0.05, 0) is 37.3 Å². The molecule has 0 saturated heterocycles. The zero-order valence-electron chi connectivity index (χ0n) is 10.5. The van der Waals surface area contributed by atoms with Crippen molar-refractivity contribution in [2.24, 2.45) is 0 Å². The zero-order valence-corrected chi connectivity index (χ0v) is 12.1. The van der Waals surface area contributed by atoms with Gasteiger partial charge in [-0.15, -0.1) is 0 Å². The molecule has 2 aromatic rings. The lowest BCUT2D eigenvalue weighted by Gasteiger charge is -2.11. The molecule has 0 aromatic heterocycles. The molecule has 4 heteroatoms. The fraction of sp³-hybridized carbons (Fsp3) is 0.133. The number of ether oxygens (including phenoxy) is 1. The molecule has 0 fully saturated rings. The summed E-state index contributed by atoms with van der Waals surface area (Å²) < 4.78 is 6.35. The van der Waals surface area contributed by atoms with Crippen LogP contribution < -0.4 is 10.1 Å². The Balaban J connectivity index is 2.19. The maximum atomic E-state index is 12.1. The number of amides is 1. The summed E-state index contributed by atoms with van der Waals surface area (Å²) in [6, 6.07) is 14.6. The van der Waals surface area contributed by atoms with E-state index in [0.717, 1.165) is 4.47 Å². The number of benzene rings is 2. The van der Waals surface area contributed by atoms with E-state index in [-0.39, 0.29) is 5.91 Å². The fourth-order valence-electron chi connectivity index (χ4n) is 1.68. The summed E-state index contributed by atoms with van der Waals surface area (Å²) in [5.41, 5.74) is 1.27. The molecule has 0 bridgehead atoms. The Kier molecular flexibility index (Phi) is 4.58. The van der Waals surface area contributed by atoms with Gasteiger partial charge < -0.3 is 10.1 Å². The van der Waals surface area contributed by atoms with E-state index in [4.69, 9.17) is 4.74 Å². The predicted octanol–water partition coefficient (Wildman–Crippen LogP) is 4.10. The number of anilines is 1. The van der Waals surface area contributed by atoms with Crippen LogP contribution in [0.1, 0.15) is 17.3 Å². The quantitative estimate of drug-likeness (QED) is 0.921. The van der Waals surface area contributed by atoms with E-state index in [1.165, 1.54) is 0 Å². The van der Waals surface area contributed by atoms with Crippen LogP contribution in [0.25, 0.3) is 0 Å². The maximum Gasteiger partial charge on any atom is 0.255 e. The Morgan fingerprint density at radius 3 is 2.74 bits per heavy atom. The molecule has 1 N–H and O–H groups in total. The number of hydrogen-bond donors (Lipinski definition) is 1. The monoisotopic (exact) mass is 319 g/mol. The molecule has 0 radical (unpaired) electrons. The molecule has 98 valence electrons. The number of hydrogen-bond acceptors (Lipinski definition) is 2. The lowest BCUT2D eigenvalue weighted by molar-refractivity contribution is 0.102. The van der Waals surface area contributed by atoms with Gasteiger partial charge in [-0.25, -0.2) is 0 Å². The first-order valence-electron chi connectivity index (χ1n) is 5.99. The summed E-state index contributed by atoms with van der Waals surface area (Å²) in [5, 5.41) is 2.85. The van der Waals surface area contributed by atoms with Crippen molar-refractivity contribution in [1.82, 2.24) is 0 Å². The smallest absolute Gasteiger partial charge is 0.255 e. The number of para-hydroxylation sites is 2. The van der Waals surface area contributed by atoms with Crippen molar-refractivity contribution in [2.75, 3.05) is 11.9 Å². The molecule has 2 aromatic carbocycles. The van der Waals surface area contributed by atoms with Crippen molar-refractivity contribution in [3.05, 3.63) is 58.6 Å². The van der Waals surface area contributed by atoms with Crippen molar-refractivity contribution < 1.29 is 9.53 Å². The minimum absolute atomic E-state index is 0.159. The molecule has 0 aliphatic carbocycles. The van der Waals surface area contributed by atoms with Crippen molar-refractivity contribution in [2.45, 2.75) is 6.92 Å². The molecule has 0 heterocycles. The van der Waals surface area contributed by atoms with Gasteiger partial charge in [-0.1, -0.05) is 34.1 Å². The molecule has 0 unspecified atom stereocenters. The molecule has 0 spiro atoms. The SMILES string of the molecule is CCOc1ccccc1NC(=O)c1cccc(Br)c1. The van der Waals surface area contributed by atoms with Crippen molar-refractivity contribution in [3.63, 3.8) is 0 Å². The summed E-state index contributed by atoms with van der Waals surface area (Å²) in [6.45, 7) is 2.47. The minimum Gasteiger partial charge on any atom is -0.492 e. The third-order valence-electron chi connectivity index (χ3n) is 2.52. The first-order chi connectivity index (χ1) is 9.20. The lowest BCUT2D eigenvalue weighted by Crippen LogP contribution is -2.12. The zero-order chi connectivity index (χ0) is 13.7. The predicted molar refractivity (Wildman–Crippen MR) is 79.7 cm³/mol. The molecule has 1 amide bonds. The minimum atomic E-state index is -0.159. The molecule has 0 atom stereocenters. The Morgan fingerprint density at radius 1 is 1.21 bits per heavy atom. The lowest BCUT2D eigenvalue weighted by atomic mass is 10.2. The number of rotatable bonds is 4. The third kappa shape index (κ3) is 3.58. The van der Waals surface area contributed by atoms with Crippen LogP contribution in [0.2, 0.25) is 0 Å². The van der Waals surface area contributed by atoms with Gasteiger partial charge in [0.25, 0.3) is 5.91 Å². The summed E-state index contributed by atoms with van der Waals surface area (Å²) in [6.07, 6.45) is 0. The molecular weight excluding hydrogens is 306 g/mol. The average Bonchev–Trinajstić information content (AvgIpc) is 2.41. The van der Waals surface area contributed by atoms with Crippen LogP contribution in [0, 0.1) is 0 Å². The van der Waals surface area contributed by atoms with E-state index in [1.807, 2.05) is 43.3 Å². The second-order valence-corrected chi connectivity index (χ2v) is 4.81. The van der Waals surface area contributed by atoms with Crippen LogP contribution in [0.15, 0.2) is 53.0 Å². The van der Waals surface area contributed by atoms with Gasteiger partial charge in [0.15, 0.2) is 0 Å². The fourth-order valence-corrected chi connectivity index (χ4v) is 2.07. The first kappa shape index (κ1) is 13.6. The van der Waals surface area contributed by atoms with Gasteiger partial charge in [-0.2, -0.15) is 0 Å². The molecule has 0 aliphatic rings. The van der Waals surface area contributed by atoms with Crippen LogP contribution in [-0.2, 0) is 0 Å². The van der Waals surface area contributed by atoms with Gasteiger partial charge in [0.05, 0.1) is 12.3 Å². The van der Waals surface area contributed by atoms with Crippen LogP contribution in [-0.4, -0.2) is 12.5 Å². The van der Waals surface area contributed by atoms with E-state index in [9.17, 15) is 4.79 Å². The normalized spacial score (nSPS) is 10.0. The molecular formula is C15H14BrNO2. The number of nitrogens with one attached hydrogen (secondary N) is 1. The van der Waals surface area contributed by atoms with Gasteiger partial charge in [0, 0.05) is 10.0 Å². The highest BCUT2D eigenvalue weighted by atomic mass is 79.9. The van der Waals surface area contributed by atoms with E-state index in [1.54, 1.807) is 12.1 Å². The van der Waals surface area contributed by atoms with Crippen molar-refractivity contribution in [3.8, 4) is 5.75 Å². The summed E-state index contributed by atoms with van der Waals surface area (Å²) in [7, 11) is 0. The Labute approximate surface area is 120 Å². The first-order valence-corrected chi connectivity index (χ1v) is 6.78. The number of halogens is 1. The van der Waals surface area contributed by atoms with Crippen LogP contribution in [0.5, 0.6) is 5.75 Å². The Morgan fingerprint density at radius 2 is 2.00 bits per heavy atom. The second kappa shape index (κ2) is 6.38. The van der Waals surface area contributed by atoms with E-state index in [2.05, 4.69) is 21.2 Å². The number of carbonyl (C=O) groups excluding carboxylic acids is 1. The van der Waals surface area contributed by atoms with Crippen molar-refractivity contribution in [1.29, 1.82) is 0 Å². The van der Waals surface area contributed by atoms with E-state index in [0.29, 0.717) is 23.6 Å². The Bertz CT molecular complexity index is 584.